The van der Waals surface area contributed by atoms with Crippen molar-refractivity contribution in [3.05, 3.63) is 260 Å². The van der Waals surface area contributed by atoms with Crippen LogP contribution < -0.4 is 0 Å². The molecule has 9 aromatic carbocycles. The molecule has 72 heavy (non-hydrogen) atoms. The molecule has 11 aromatic rings. The van der Waals surface area contributed by atoms with Crippen molar-refractivity contribution < 1.29 is 0 Å². The van der Waals surface area contributed by atoms with Crippen molar-refractivity contribution >= 4 is 5.57 Å². The normalized spacial score (nSPS) is 12.1. The summed E-state index contributed by atoms with van der Waals surface area (Å²) >= 11 is 0. The minimum atomic E-state index is 0.603. The first-order chi connectivity index (χ1) is 35.7. The van der Waals surface area contributed by atoms with Crippen LogP contribution in [0.4, 0.5) is 0 Å². The fourth-order valence-electron chi connectivity index (χ4n) is 9.37. The van der Waals surface area contributed by atoms with Gasteiger partial charge in [0.15, 0.2) is 34.9 Å². The van der Waals surface area contributed by atoms with E-state index in [0.29, 0.717) is 34.9 Å². The Hall–Kier alpha value is -9.52. The average molecular weight is 923 g/mol. The summed E-state index contributed by atoms with van der Waals surface area (Å²) < 4.78 is 0. The van der Waals surface area contributed by atoms with Crippen molar-refractivity contribution in [2.45, 2.75) is 12.8 Å². The average Bonchev–Trinajstić information content (AvgIpc) is 3.48. The molecule has 0 aliphatic heterocycles. The van der Waals surface area contributed by atoms with E-state index in [1.54, 1.807) is 0 Å². The molecule has 6 heteroatoms. The van der Waals surface area contributed by atoms with E-state index in [9.17, 15) is 0 Å². The molecule has 2 aromatic heterocycles. The molecule has 0 spiro atoms. The summed E-state index contributed by atoms with van der Waals surface area (Å²) in [5, 5.41) is 0. The van der Waals surface area contributed by atoms with Crippen molar-refractivity contribution in [1.82, 2.24) is 29.9 Å². The number of aromatic nitrogens is 6. The molecule has 0 fully saturated rings. The van der Waals surface area contributed by atoms with E-state index in [4.69, 9.17) is 29.9 Å². The molecular weight excluding hydrogens is 877 g/mol. The first-order valence-corrected chi connectivity index (χ1v) is 24.3. The van der Waals surface area contributed by atoms with Crippen molar-refractivity contribution in [3.63, 3.8) is 0 Å². The zero-order chi connectivity index (χ0) is 48.1. The second kappa shape index (κ2) is 19.8. The van der Waals surface area contributed by atoms with E-state index in [-0.39, 0.29) is 0 Å². The van der Waals surface area contributed by atoms with Crippen LogP contribution in [0.15, 0.2) is 255 Å². The SMILES string of the molecule is C1=CC(c2ccc(-c3nc(-c4ccccc4)nc(-c4cccc(-c5ccccc5-c5ccccc5-c5cccc(-c6nc(-c7ccccc7)nc(-c7ccc(-c8ccccc8)cc7)n6)c5)c4)n3)cc2)=CCC1. The van der Waals surface area contributed by atoms with E-state index < -0.39 is 0 Å². The summed E-state index contributed by atoms with van der Waals surface area (Å²) in [6.07, 6.45) is 8.88. The highest BCUT2D eigenvalue weighted by molar-refractivity contribution is 5.93. The third kappa shape index (κ3) is 9.20. The molecule has 0 saturated heterocycles. The summed E-state index contributed by atoms with van der Waals surface area (Å²) in [7, 11) is 0. The van der Waals surface area contributed by atoms with Gasteiger partial charge >= 0.3 is 0 Å². The molecule has 0 bridgehead atoms. The second-order valence-corrected chi connectivity index (χ2v) is 17.8. The van der Waals surface area contributed by atoms with E-state index in [1.165, 1.54) is 11.1 Å². The largest absolute Gasteiger partial charge is 0.208 e. The minimum Gasteiger partial charge on any atom is -0.208 e. The molecule has 0 amide bonds. The fourth-order valence-corrected chi connectivity index (χ4v) is 9.37. The van der Waals surface area contributed by atoms with Gasteiger partial charge < -0.3 is 0 Å². The maximum Gasteiger partial charge on any atom is 0.164 e. The molecule has 6 nitrogen and oxygen atoms in total. The molecule has 340 valence electrons. The zero-order valence-corrected chi connectivity index (χ0v) is 39.3. The van der Waals surface area contributed by atoms with Crippen LogP contribution in [0.2, 0.25) is 0 Å². The van der Waals surface area contributed by atoms with Gasteiger partial charge in [0.2, 0.25) is 0 Å². The summed E-state index contributed by atoms with van der Waals surface area (Å²) in [6.45, 7) is 0. The van der Waals surface area contributed by atoms with Gasteiger partial charge in [-0.1, -0.05) is 243 Å². The second-order valence-electron chi connectivity index (χ2n) is 17.8. The van der Waals surface area contributed by atoms with Gasteiger partial charge in [0.1, 0.15) is 0 Å². The number of rotatable bonds is 11. The highest BCUT2D eigenvalue weighted by Crippen LogP contribution is 2.40. The highest BCUT2D eigenvalue weighted by Gasteiger charge is 2.18. The van der Waals surface area contributed by atoms with Gasteiger partial charge in [0.05, 0.1) is 0 Å². The third-order valence-electron chi connectivity index (χ3n) is 13.1. The molecule has 0 saturated carbocycles. The number of benzene rings is 9. The summed E-state index contributed by atoms with van der Waals surface area (Å²) in [5.41, 5.74) is 16.7. The smallest absolute Gasteiger partial charge is 0.164 e. The Balaban J connectivity index is 0.905. The third-order valence-corrected chi connectivity index (χ3v) is 13.1. The van der Waals surface area contributed by atoms with Gasteiger partial charge in [-0.2, -0.15) is 0 Å². The lowest BCUT2D eigenvalue weighted by Gasteiger charge is -2.16. The summed E-state index contributed by atoms with van der Waals surface area (Å²) in [5.74, 6) is 3.70. The number of nitrogens with zero attached hydrogens (tertiary/aromatic N) is 6. The van der Waals surface area contributed by atoms with Crippen LogP contribution in [0, 0.1) is 0 Å². The number of allylic oxidation sites excluding steroid dienone is 4. The maximum absolute atomic E-state index is 5.14. The molecule has 1 aliphatic carbocycles. The van der Waals surface area contributed by atoms with Crippen LogP contribution in [0.25, 0.3) is 118 Å². The van der Waals surface area contributed by atoms with Gasteiger partial charge in [-0.25, -0.2) is 29.9 Å². The Morgan fingerprint density at radius 1 is 0.222 bits per heavy atom. The van der Waals surface area contributed by atoms with Crippen LogP contribution in [0.1, 0.15) is 18.4 Å². The van der Waals surface area contributed by atoms with Crippen LogP contribution in [0.5, 0.6) is 0 Å². The van der Waals surface area contributed by atoms with Crippen LogP contribution in [-0.4, -0.2) is 29.9 Å². The molecular formula is C66H46N6. The summed E-state index contributed by atoms with van der Waals surface area (Å²) in [6, 6.07) is 81.9. The molecule has 1 aliphatic rings. The van der Waals surface area contributed by atoms with Crippen molar-refractivity contribution in [3.8, 4) is 113 Å². The van der Waals surface area contributed by atoms with Gasteiger partial charge in [0.25, 0.3) is 0 Å². The van der Waals surface area contributed by atoms with Gasteiger partial charge in [-0.05, 0) is 80.6 Å². The Morgan fingerprint density at radius 2 is 0.528 bits per heavy atom. The predicted octanol–water partition coefficient (Wildman–Crippen LogP) is 16.5. The topological polar surface area (TPSA) is 77.3 Å². The van der Waals surface area contributed by atoms with E-state index in [1.807, 2.05) is 66.7 Å². The molecule has 0 atom stereocenters. The Bertz CT molecular complexity index is 3770. The van der Waals surface area contributed by atoms with Crippen molar-refractivity contribution in [2.75, 3.05) is 0 Å². The van der Waals surface area contributed by atoms with Crippen LogP contribution in [-0.2, 0) is 0 Å². The minimum absolute atomic E-state index is 0.603. The zero-order valence-electron chi connectivity index (χ0n) is 39.3. The lowest BCUT2D eigenvalue weighted by molar-refractivity contribution is 1.04. The lowest BCUT2D eigenvalue weighted by atomic mass is 9.88. The Labute approximate surface area is 419 Å². The van der Waals surface area contributed by atoms with Crippen LogP contribution in [0.3, 0.4) is 0 Å². The lowest BCUT2D eigenvalue weighted by Crippen LogP contribution is -2.00. The number of hydrogen-bond acceptors (Lipinski definition) is 6. The Morgan fingerprint density at radius 3 is 0.944 bits per heavy atom. The predicted molar refractivity (Wildman–Crippen MR) is 294 cm³/mol. The standard InChI is InChI=1S/C66H46N6/c1-5-19-45(20-6-1)47-35-39-51(40-36-47)63-67-61(49-23-9-3-10-24-49)69-65(71-63)55-29-17-27-53(43-55)57-31-13-15-33-59(57)60-34-16-14-32-58(60)54-28-18-30-56(44-54)66-70-62(50-25-11-4-12-26-50)68-64(72-66)52-41-37-48(38-42-52)46-21-7-2-8-22-46/h1,3-7,9-44H,2,8H2. The summed E-state index contributed by atoms with van der Waals surface area (Å²) in [4.78, 5) is 30.5. The quantitative estimate of drug-likeness (QED) is 0.129. The molecule has 2 heterocycles. The molecule has 0 N–H and O–H groups in total. The van der Waals surface area contributed by atoms with Gasteiger partial charge in [0, 0.05) is 33.4 Å². The van der Waals surface area contributed by atoms with E-state index in [2.05, 4.69) is 188 Å². The van der Waals surface area contributed by atoms with E-state index in [0.717, 1.165) is 90.7 Å². The molecule has 12 rings (SSSR count). The van der Waals surface area contributed by atoms with Gasteiger partial charge in [-0.3, -0.25) is 0 Å². The maximum atomic E-state index is 5.14. The van der Waals surface area contributed by atoms with Crippen molar-refractivity contribution in [1.29, 1.82) is 0 Å². The first kappa shape index (κ1) is 43.7. The number of hydrogen-bond donors (Lipinski definition) is 0. The fraction of sp³-hybridized carbons (Fsp3) is 0.0303. The monoisotopic (exact) mass is 922 g/mol. The van der Waals surface area contributed by atoms with Crippen LogP contribution >= 0.6 is 0 Å². The molecule has 0 radical (unpaired) electrons. The van der Waals surface area contributed by atoms with Gasteiger partial charge in [-0.15, -0.1) is 0 Å². The molecule has 0 unspecified atom stereocenters. The Kier molecular flexibility index (Phi) is 12.0. The van der Waals surface area contributed by atoms with Crippen molar-refractivity contribution in [2.24, 2.45) is 0 Å². The van der Waals surface area contributed by atoms with E-state index >= 15 is 0 Å². The first-order valence-electron chi connectivity index (χ1n) is 24.3. The highest BCUT2D eigenvalue weighted by atomic mass is 15.0.